The fourth-order valence-electron chi connectivity index (χ4n) is 1.74. The summed E-state index contributed by atoms with van der Waals surface area (Å²) in [5.74, 6) is 0.0824. The summed E-state index contributed by atoms with van der Waals surface area (Å²) in [6, 6.07) is 4.35. The molecule has 0 fully saturated rings. The molecule has 0 spiro atoms. The Morgan fingerprint density at radius 3 is 2.35 bits per heavy atom. The van der Waals surface area contributed by atoms with Crippen molar-refractivity contribution in [1.29, 1.82) is 0 Å². The maximum absolute atomic E-state index is 11.0. The van der Waals surface area contributed by atoms with E-state index in [4.69, 9.17) is 0 Å². The van der Waals surface area contributed by atoms with Crippen LogP contribution >= 0.6 is 0 Å². The highest BCUT2D eigenvalue weighted by atomic mass is 16.1. The molecule has 0 aliphatic heterocycles. The van der Waals surface area contributed by atoms with Crippen molar-refractivity contribution >= 4 is 11.9 Å². The third kappa shape index (κ3) is 4.16. The van der Waals surface area contributed by atoms with Gasteiger partial charge in [-0.05, 0) is 63.2 Å². The lowest BCUT2D eigenvalue weighted by Crippen LogP contribution is -2.12. The quantitative estimate of drug-likeness (QED) is 0.742. The molecule has 0 heterocycles. The summed E-state index contributed by atoms with van der Waals surface area (Å²) in [6.45, 7) is 6.68. The standard InChI is InChI=1S/C15H21NO/c1-11-8-14(7-6-13(3)17)15(9-12(11)2)10-16(4)5/h6-9H,10H2,1-5H3. The molecule has 1 rings (SSSR count). The molecule has 0 aliphatic rings. The van der Waals surface area contributed by atoms with Crippen LogP contribution in [0.1, 0.15) is 29.2 Å². The number of aryl methyl sites for hydroxylation is 2. The highest BCUT2D eigenvalue weighted by Crippen LogP contribution is 2.18. The van der Waals surface area contributed by atoms with Crippen molar-refractivity contribution in [2.24, 2.45) is 0 Å². The first-order valence-electron chi connectivity index (χ1n) is 5.83. The minimum Gasteiger partial charge on any atom is -0.305 e. The van der Waals surface area contributed by atoms with Crippen LogP contribution < -0.4 is 0 Å². The zero-order chi connectivity index (χ0) is 13.0. The van der Waals surface area contributed by atoms with Crippen molar-refractivity contribution in [2.75, 3.05) is 14.1 Å². The number of allylic oxidation sites excluding steroid dienone is 1. The Morgan fingerprint density at radius 1 is 1.24 bits per heavy atom. The smallest absolute Gasteiger partial charge is 0.152 e. The Bertz CT molecular complexity index is 444. The van der Waals surface area contributed by atoms with Gasteiger partial charge in [0.25, 0.3) is 0 Å². The first-order chi connectivity index (χ1) is 7.90. The Labute approximate surface area is 104 Å². The highest BCUT2D eigenvalue weighted by Gasteiger charge is 2.04. The second-order valence-corrected chi connectivity index (χ2v) is 4.82. The van der Waals surface area contributed by atoms with Gasteiger partial charge >= 0.3 is 0 Å². The highest BCUT2D eigenvalue weighted by molar-refractivity contribution is 5.91. The number of hydrogen-bond acceptors (Lipinski definition) is 2. The summed E-state index contributed by atoms with van der Waals surface area (Å²) in [4.78, 5) is 13.1. The van der Waals surface area contributed by atoms with Crippen LogP contribution in [0.15, 0.2) is 18.2 Å². The number of carbonyl (C=O) groups is 1. The lowest BCUT2D eigenvalue weighted by atomic mass is 9.99. The number of benzene rings is 1. The number of hydrogen-bond donors (Lipinski definition) is 0. The van der Waals surface area contributed by atoms with Gasteiger partial charge in [-0.2, -0.15) is 0 Å². The van der Waals surface area contributed by atoms with E-state index in [1.807, 2.05) is 20.2 Å². The lowest BCUT2D eigenvalue weighted by Gasteiger charge is -2.14. The number of rotatable bonds is 4. The minimum absolute atomic E-state index is 0.0824. The molecule has 1 aromatic rings. The molecule has 0 saturated carbocycles. The van der Waals surface area contributed by atoms with Gasteiger partial charge in [0.15, 0.2) is 5.78 Å². The van der Waals surface area contributed by atoms with E-state index in [9.17, 15) is 4.79 Å². The van der Waals surface area contributed by atoms with Crippen molar-refractivity contribution in [3.05, 3.63) is 40.5 Å². The van der Waals surface area contributed by atoms with Gasteiger partial charge in [-0.15, -0.1) is 0 Å². The first-order valence-corrected chi connectivity index (χ1v) is 5.83. The largest absolute Gasteiger partial charge is 0.305 e. The Hall–Kier alpha value is -1.41. The predicted molar refractivity (Wildman–Crippen MR) is 73.0 cm³/mol. The molecule has 0 saturated heterocycles. The minimum atomic E-state index is 0.0824. The van der Waals surface area contributed by atoms with Crippen LogP contribution in [-0.2, 0) is 11.3 Å². The van der Waals surface area contributed by atoms with Crippen LogP contribution in [-0.4, -0.2) is 24.8 Å². The second-order valence-electron chi connectivity index (χ2n) is 4.82. The SMILES string of the molecule is CC(=O)C=Cc1cc(C)c(C)cc1CN(C)C. The zero-order valence-electron chi connectivity index (χ0n) is 11.4. The third-order valence-corrected chi connectivity index (χ3v) is 2.74. The lowest BCUT2D eigenvalue weighted by molar-refractivity contribution is -0.112. The summed E-state index contributed by atoms with van der Waals surface area (Å²) in [5, 5.41) is 0. The average molecular weight is 231 g/mol. The topological polar surface area (TPSA) is 20.3 Å². The van der Waals surface area contributed by atoms with E-state index in [1.165, 1.54) is 16.7 Å². The van der Waals surface area contributed by atoms with Crippen molar-refractivity contribution in [3.63, 3.8) is 0 Å². The van der Waals surface area contributed by atoms with E-state index in [1.54, 1.807) is 13.0 Å². The van der Waals surface area contributed by atoms with E-state index in [0.29, 0.717) is 0 Å². The molecule has 92 valence electrons. The van der Waals surface area contributed by atoms with Crippen molar-refractivity contribution in [3.8, 4) is 0 Å². The fourth-order valence-corrected chi connectivity index (χ4v) is 1.74. The van der Waals surface area contributed by atoms with E-state index in [-0.39, 0.29) is 5.78 Å². The molecule has 17 heavy (non-hydrogen) atoms. The van der Waals surface area contributed by atoms with E-state index >= 15 is 0 Å². The summed E-state index contributed by atoms with van der Waals surface area (Å²) in [5.41, 5.74) is 4.95. The van der Waals surface area contributed by atoms with Gasteiger partial charge in [-0.25, -0.2) is 0 Å². The van der Waals surface area contributed by atoms with Crippen LogP contribution in [0.25, 0.3) is 6.08 Å². The van der Waals surface area contributed by atoms with E-state index in [2.05, 4.69) is 30.9 Å². The monoisotopic (exact) mass is 231 g/mol. The van der Waals surface area contributed by atoms with E-state index in [0.717, 1.165) is 12.1 Å². The molecule has 2 nitrogen and oxygen atoms in total. The van der Waals surface area contributed by atoms with Crippen molar-refractivity contribution in [1.82, 2.24) is 4.90 Å². The molecule has 0 atom stereocenters. The van der Waals surface area contributed by atoms with E-state index < -0.39 is 0 Å². The summed E-state index contributed by atoms with van der Waals surface area (Å²) in [7, 11) is 4.10. The van der Waals surface area contributed by atoms with Crippen LogP contribution in [0.3, 0.4) is 0 Å². The number of nitrogens with zero attached hydrogens (tertiary/aromatic N) is 1. The normalized spacial score (nSPS) is 11.4. The molecular weight excluding hydrogens is 210 g/mol. The molecule has 0 bridgehead atoms. The molecule has 0 aliphatic carbocycles. The molecule has 0 radical (unpaired) electrons. The van der Waals surface area contributed by atoms with Gasteiger partial charge in [0, 0.05) is 6.54 Å². The molecular formula is C15H21NO. The van der Waals surface area contributed by atoms with Gasteiger partial charge in [0.1, 0.15) is 0 Å². The average Bonchev–Trinajstić information content (AvgIpc) is 2.20. The van der Waals surface area contributed by atoms with Crippen LogP contribution in [0.4, 0.5) is 0 Å². The summed E-state index contributed by atoms with van der Waals surface area (Å²) >= 11 is 0. The Morgan fingerprint density at radius 2 is 1.82 bits per heavy atom. The number of carbonyl (C=O) groups excluding carboxylic acids is 1. The molecule has 1 aromatic carbocycles. The molecule has 0 aromatic heterocycles. The third-order valence-electron chi connectivity index (χ3n) is 2.74. The Balaban J connectivity index is 3.15. The van der Waals surface area contributed by atoms with Crippen LogP contribution in [0, 0.1) is 13.8 Å². The molecule has 0 unspecified atom stereocenters. The van der Waals surface area contributed by atoms with Crippen LogP contribution in [0.5, 0.6) is 0 Å². The second kappa shape index (κ2) is 5.78. The van der Waals surface area contributed by atoms with Gasteiger partial charge in [0.2, 0.25) is 0 Å². The number of ketones is 1. The van der Waals surface area contributed by atoms with Crippen molar-refractivity contribution in [2.45, 2.75) is 27.3 Å². The molecule has 0 N–H and O–H groups in total. The van der Waals surface area contributed by atoms with Gasteiger partial charge in [-0.1, -0.05) is 18.2 Å². The molecule has 0 amide bonds. The fraction of sp³-hybridized carbons (Fsp3) is 0.400. The summed E-state index contributed by atoms with van der Waals surface area (Å²) < 4.78 is 0. The Kier molecular flexibility index (Phi) is 4.64. The van der Waals surface area contributed by atoms with Crippen molar-refractivity contribution < 1.29 is 4.79 Å². The van der Waals surface area contributed by atoms with Gasteiger partial charge < -0.3 is 4.90 Å². The first kappa shape index (κ1) is 13.7. The van der Waals surface area contributed by atoms with Crippen LogP contribution in [0.2, 0.25) is 0 Å². The van der Waals surface area contributed by atoms with Gasteiger partial charge in [-0.3, -0.25) is 4.79 Å². The maximum Gasteiger partial charge on any atom is 0.152 e. The summed E-state index contributed by atoms with van der Waals surface area (Å²) in [6.07, 6.45) is 3.54. The van der Waals surface area contributed by atoms with Gasteiger partial charge in [0.05, 0.1) is 0 Å². The zero-order valence-corrected chi connectivity index (χ0v) is 11.4. The maximum atomic E-state index is 11.0. The molecule has 2 heteroatoms. The predicted octanol–water partition coefficient (Wildman–Crippen LogP) is 2.97.